The second-order valence-electron chi connectivity index (χ2n) is 4.43. The molecule has 0 spiro atoms. The van der Waals surface area contributed by atoms with Crippen LogP contribution in [0, 0.1) is 0 Å². The Morgan fingerprint density at radius 1 is 1.41 bits per heavy atom. The van der Waals surface area contributed by atoms with Crippen LogP contribution in [0.25, 0.3) is 0 Å². The van der Waals surface area contributed by atoms with Crippen LogP contribution in [0.4, 0.5) is 0 Å². The van der Waals surface area contributed by atoms with Gasteiger partial charge in [0.2, 0.25) is 5.89 Å². The first-order valence-corrected chi connectivity index (χ1v) is 5.53. The monoisotopic (exact) mass is 232 g/mol. The summed E-state index contributed by atoms with van der Waals surface area (Å²) in [4.78, 5) is 8.43. The van der Waals surface area contributed by atoms with Gasteiger partial charge in [-0.3, -0.25) is 4.98 Å². The highest BCUT2D eigenvalue weighted by Gasteiger charge is 2.25. The highest BCUT2D eigenvalue weighted by atomic mass is 16.5. The van der Waals surface area contributed by atoms with Crippen LogP contribution in [0.15, 0.2) is 29.0 Å². The molecule has 0 unspecified atom stereocenters. The van der Waals surface area contributed by atoms with Gasteiger partial charge in [0.25, 0.3) is 0 Å². The maximum absolute atomic E-state index is 5.25. The lowest BCUT2D eigenvalue weighted by molar-refractivity contribution is 0.279. The number of hydrogen-bond donors (Lipinski definition) is 1. The van der Waals surface area contributed by atoms with E-state index < -0.39 is 0 Å². The maximum atomic E-state index is 5.25. The third-order valence-electron chi connectivity index (χ3n) is 2.71. The normalized spacial score (nSPS) is 11.7. The van der Waals surface area contributed by atoms with Crippen molar-refractivity contribution in [3.05, 3.63) is 41.8 Å². The Kier molecular flexibility index (Phi) is 3.19. The zero-order valence-electron chi connectivity index (χ0n) is 10.3. The van der Waals surface area contributed by atoms with E-state index in [-0.39, 0.29) is 5.54 Å². The van der Waals surface area contributed by atoms with Crippen molar-refractivity contribution >= 4 is 0 Å². The minimum atomic E-state index is -0.305. The highest BCUT2D eigenvalue weighted by Crippen LogP contribution is 2.17. The van der Waals surface area contributed by atoms with Crippen molar-refractivity contribution in [2.45, 2.75) is 25.8 Å². The van der Waals surface area contributed by atoms with Gasteiger partial charge in [-0.05, 0) is 32.5 Å². The third-order valence-corrected chi connectivity index (χ3v) is 2.71. The minimum Gasteiger partial charge on any atom is -0.337 e. The predicted octanol–water partition coefficient (Wildman–Crippen LogP) is 1.51. The second-order valence-corrected chi connectivity index (χ2v) is 4.43. The molecule has 17 heavy (non-hydrogen) atoms. The summed E-state index contributed by atoms with van der Waals surface area (Å²) in [5.74, 6) is 1.27. The first-order chi connectivity index (χ1) is 8.12. The maximum Gasteiger partial charge on any atom is 0.246 e. The molecular weight excluding hydrogens is 216 g/mol. The molecule has 0 saturated heterocycles. The molecule has 2 rings (SSSR count). The number of nitrogens with one attached hydrogen (secondary N) is 1. The average Bonchev–Trinajstić information content (AvgIpc) is 2.80. The zero-order chi connectivity index (χ0) is 12.3. The smallest absolute Gasteiger partial charge is 0.246 e. The summed E-state index contributed by atoms with van der Waals surface area (Å²) < 4.78 is 5.25. The van der Waals surface area contributed by atoms with Crippen LogP contribution < -0.4 is 5.32 Å². The molecule has 5 nitrogen and oxygen atoms in total. The number of aromatic nitrogens is 3. The van der Waals surface area contributed by atoms with Crippen molar-refractivity contribution in [1.29, 1.82) is 0 Å². The molecule has 90 valence electrons. The SMILES string of the molecule is CNC(C)(C)c1nc(Cc2cccnc2)no1. The Bertz CT molecular complexity index is 478. The van der Waals surface area contributed by atoms with Gasteiger partial charge in [0.15, 0.2) is 5.82 Å². The Balaban J connectivity index is 2.14. The largest absolute Gasteiger partial charge is 0.337 e. The molecule has 0 radical (unpaired) electrons. The quantitative estimate of drug-likeness (QED) is 0.865. The Hall–Kier alpha value is -1.75. The standard InChI is InChI=1S/C12H16N4O/c1-12(2,13-3)11-15-10(16-17-11)7-9-5-4-6-14-8-9/h4-6,8,13H,7H2,1-3H3. The summed E-state index contributed by atoms with van der Waals surface area (Å²) in [6.45, 7) is 3.99. The first-order valence-electron chi connectivity index (χ1n) is 5.53. The van der Waals surface area contributed by atoms with Gasteiger partial charge in [-0.15, -0.1) is 0 Å². The van der Waals surface area contributed by atoms with Gasteiger partial charge in [-0.25, -0.2) is 0 Å². The van der Waals surface area contributed by atoms with E-state index in [1.165, 1.54) is 0 Å². The summed E-state index contributed by atoms with van der Waals surface area (Å²) in [7, 11) is 1.87. The fourth-order valence-electron chi connectivity index (χ4n) is 1.37. The predicted molar refractivity (Wildman–Crippen MR) is 63.4 cm³/mol. The third kappa shape index (κ3) is 2.68. The van der Waals surface area contributed by atoms with Gasteiger partial charge in [0.1, 0.15) is 0 Å². The number of pyridine rings is 1. The van der Waals surface area contributed by atoms with E-state index in [0.29, 0.717) is 18.1 Å². The van der Waals surface area contributed by atoms with E-state index in [9.17, 15) is 0 Å². The van der Waals surface area contributed by atoms with Crippen LogP contribution in [-0.4, -0.2) is 22.2 Å². The van der Waals surface area contributed by atoms with Gasteiger partial charge in [0, 0.05) is 18.8 Å². The minimum absolute atomic E-state index is 0.305. The molecule has 2 heterocycles. The Morgan fingerprint density at radius 2 is 2.24 bits per heavy atom. The number of rotatable bonds is 4. The fourth-order valence-corrected chi connectivity index (χ4v) is 1.37. The van der Waals surface area contributed by atoms with Crippen LogP contribution in [0.1, 0.15) is 31.1 Å². The molecule has 0 atom stereocenters. The van der Waals surface area contributed by atoms with E-state index in [0.717, 1.165) is 5.56 Å². The highest BCUT2D eigenvalue weighted by molar-refractivity contribution is 5.14. The Labute approximate surface area is 100 Å². The van der Waals surface area contributed by atoms with E-state index >= 15 is 0 Å². The number of nitrogens with zero attached hydrogens (tertiary/aromatic N) is 3. The van der Waals surface area contributed by atoms with Crippen molar-refractivity contribution < 1.29 is 4.52 Å². The van der Waals surface area contributed by atoms with E-state index in [1.807, 2.05) is 33.0 Å². The molecule has 0 aliphatic carbocycles. The molecular formula is C12H16N4O. The summed E-state index contributed by atoms with van der Waals surface area (Å²) in [5.41, 5.74) is 0.766. The van der Waals surface area contributed by atoms with Crippen LogP contribution >= 0.6 is 0 Å². The van der Waals surface area contributed by atoms with Gasteiger partial charge >= 0.3 is 0 Å². The fraction of sp³-hybridized carbons (Fsp3) is 0.417. The molecule has 0 aromatic carbocycles. The summed E-state index contributed by atoms with van der Waals surface area (Å²) >= 11 is 0. The van der Waals surface area contributed by atoms with Crippen molar-refractivity contribution in [2.75, 3.05) is 7.05 Å². The van der Waals surface area contributed by atoms with E-state index in [4.69, 9.17) is 4.52 Å². The lowest BCUT2D eigenvalue weighted by Crippen LogP contribution is -2.33. The lowest BCUT2D eigenvalue weighted by Gasteiger charge is -2.17. The summed E-state index contributed by atoms with van der Waals surface area (Å²) in [6.07, 6.45) is 4.19. The molecule has 0 bridgehead atoms. The zero-order valence-corrected chi connectivity index (χ0v) is 10.3. The molecule has 0 fully saturated rings. The molecule has 2 aromatic rings. The number of hydrogen-bond acceptors (Lipinski definition) is 5. The van der Waals surface area contributed by atoms with Crippen molar-refractivity contribution in [3.63, 3.8) is 0 Å². The summed E-state index contributed by atoms with van der Waals surface area (Å²) in [5, 5.41) is 7.10. The first kappa shape index (κ1) is 11.7. The van der Waals surface area contributed by atoms with Crippen molar-refractivity contribution in [3.8, 4) is 0 Å². The lowest BCUT2D eigenvalue weighted by atomic mass is 10.1. The second kappa shape index (κ2) is 4.63. The average molecular weight is 232 g/mol. The van der Waals surface area contributed by atoms with E-state index in [1.54, 1.807) is 12.4 Å². The van der Waals surface area contributed by atoms with Gasteiger partial charge in [-0.2, -0.15) is 4.98 Å². The molecule has 0 saturated carbocycles. The molecule has 0 aliphatic heterocycles. The van der Waals surface area contributed by atoms with Crippen LogP contribution in [-0.2, 0) is 12.0 Å². The van der Waals surface area contributed by atoms with Gasteiger partial charge in [-0.1, -0.05) is 11.2 Å². The van der Waals surface area contributed by atoms with Crippen LogP contribution in [0.3, 0.4) is 0 Å². The van der Waals surface area contributed by atoms with Crippen LogP contribution in [0.2, 0.25) is 0 Å². The van der Waals surface area contributed by atoms with Crippen molar-refractivity contribution in [2.24, 2.45) is 0 Å². The molecule has 1 N–H and O–H groups in total. The molecule has 0 amide bonds. The molecule has 5 heteroatoms. The van der Waals surface area contributed by atoms with Crippen LogP contribution in [0.5, 0.6) is 0 Å². The van der Waals surface area contributed by atoms with Crippen molar-refractivity contribution in [1.82, 2.24) is 20.4 Å². The van der Waals surface area contributed by atoms with Gasteiger partial charge < -0.3 is 9.84 Å². The Morgan fingerprint density at radius 3 is 2.88 bits per heavy atom. The topological polar surface area (TPSA) is 63.8 Å². The molecule has 2 aromatic heterocycles. The van der Waals surface area contributed by atoms with Gasteiger partial charge in [0.05, 0.1) is 5.54 Å². The summed E-state index contributed by atoms with van der Waals surface area (Å²) in [6, 6.07) is 3.89. The molecule has 0 aliphatic rings. The van der Waals surface area contributed by atoms with E-state index in [2.05, 4.69) is 20.4 Å².